The molecule has 1 atom stereocenters. The molecule has 0 saturated carbocycles. The van der Waals surface area contributed by atoms with Crippen LogP contribution in [-0.2, 0) is 10.4 Å². The number of aromatic carboxylic acids is 1. The van der Waals surface area contributed by atoms with Crippen molar-refractivity contribution in [3.63, 3.8) is 0 Å². The molecule has 0 fully saturated rings. The molecule has 10 heteroatoms. The average Bonchev–Trinajstić information content (AvgIpc) is 3.17. The van der Waals surface area contributed by atoms with Gasteiger partial charge in [0.25, 0.3) is 0 Å². The molecule has 0 spiro atoms. The van der Waals surface area contributed by atoms with Crippen LogP contribution in [-0.4, -0.2) is 17.3 Å². The summed E-state index contributed by atoms with van der Waals surface area (Å²) in [5, 5.41) is 8.95. The van der Waals surface area contributed by atoms with Crippen LogP contribution in [0.25, 0.3) is 16.5 Å². The molecule has 4 nitrogen and oxygen atoms in total. The summed E-state index contributed by atoms with van der Waals surface area (Å²) in [6.07, 6.45) is -4.18. The van der Waals surface area contributed by atoms with E-state index in [4.69, 9.17) is 28.0 Å². The number of benzene rings is 3. The molecule has 0 aromatic heterocycles. The Morgan fingerprint density at radius 1 is 1.03 bits per heavy atom. The van der Waals surface area contributed by atoms with Crippen molar-refractivity contribution in [3.8, 4) is 0 Å². The molecule has 3 aromatic rings. The van der Waals surface area contributed by atoms with Gasteiger partial charge in [0, 0.05) is 11.1 Å². The van der Waals surface area contributed by atoms with Crippen molar-refractivity contribution >= 4 is 45.6 Å². The first kappa shape index (κ1) is 21.4. The smallest absolute Gasteiger partial charge is 0.428 e. The summed E-state index contributed by atoms with van der Waals surface area (Å²) >= 11 is 11.4. The molecule has 31 heavy (non-hydrogen) atoms. The fourth-order valence-corrected chi connectivity index (χ4v) is 3.95. The van der Waals surface area contributed by atoms with Crippen LogP contribution >= 0.6 is 23.2 Å². The lowest BCUT2D eigenvalue weighted by Crippen LogP contribution is -2.42. The molecule has 1 aliphatic heterocycles. The molecule has 1 unspecified atom stereocenters. The van der Waals surface area contributed by atoms with Crippen molar-refractivity contribution in [1.29, 1.82) is 0 Å². The third-order valence-corrected chi connectivity index (χ3v) is 5.50. The van der Waals surface area contributed by atoms with E-state index in [1.807, 2.05) is 0 Å². The minimum Gasteiger partial charge on any atom is -0.478 e. The Labute approximate surface area is 182 Å². The molecule has 4 rings (SSSR count). The Kier molecular flexibility index (Phi) is 5.12. The minimum atomic E-state index is -4.97. The van der Waals surface area contributed by atoms with E-state index < -0.39 is 39.2 Å². The van der Waals surface area contributed by atoms with Crippen LogP contribution < -0.4 is 5.48 Å². The lowest BCUT2D eigenvalue weighted by Gasteiger charge is -2.28. The summed E-state index contributed by atoms with van der Waals surface area (Å²) in [7, 11) is 0. The maximum absolute atomic E-state index is 14.2. The molecule has 0 radical (unpaired) electrons. The zero-order chi connectivity index (χ0) is 22.6. The van der Waals surface area contributed by atoms with E-state index in [-0.39, 0.29) is 16.8 Å². The lowest BCUT2D eigenvalue weighted by atomic mass is 9.90. The van der Waals surface area contributed by atoms with Crippen LogP contribution in [0.2, 0.25) is 10.0 Å². The van der Waals surface area contributed by atoms with Gasteiger partial charge in [0.2, 0.25) is 5.60 Å². The second-order valence-corrected chi connectivity index (χ2v) is 7.58. The monoisotopic (exact) mass is 471 g/mol. The van der Waals surface area contributed by atoms with Crippen molar-refractivity contribution in [2.24, 2.45) is 0 Å². The number of carbonyl (C=O) groups is 1. The molecule has 0 aliphatic carbocycles. The predicted octanol–water partition coefficient (Wildman–Crippen LogP) is 6.32. The maximum atomic E-state index is 14.2. The summed E-state index contributed by atoms with van der Waals surface area (Å²) in [6.45, 7) is 0. The number of hydrogen-bond acceptors (Lipinski definition) is 3. The highest BCUT2D eigenvalue weighted by atomic mass is 35.5. The molecule has 0 saturated heterocycles. The van der Waals surface area contributed by atoms with E-state index in [1.165, 1.54) is 12.1 Å². The topological polar surface area (TPSA) is 58.6 Å². The largest absolute Gasteiger partial charge is 0.478 e. The number of carboxylic acid groups (broad SMARTS) is 1. The van der Waals surface area contributed by atoms with Crippen LogP contribution in [0.1, 0.15) is 21.5 Å². The predicted molar refractivity (Wildman–Crippen MR) is 107 cm³/mol. The van der Waals surface area contributed by atoms with E-state index >= 15 is 0 Å². The number of alkyl halides is 3. The fraction of sp³-hybridized carbons (Fsp3) is 0.0952. The highest BCUT2D eigenvalue weighted by Gasteiger charge is 2.60. The molecular formula is C21H11Cl2F4NO3. The number of hydroxylamine groups is 1. The molecule has 1 heterocycles. The second-order valence-electron chi connectivity index (χ2n) is 6.76. The van der Waals surface area contributed by atoms with Crippen molar-refractivity contribution in [3.05, 3.63) is 87.2 Å². The van der Waals surface area contributed by atoms with E-state index in [0.29, 0.717) is 10.8 Å². The summed E-state index contributed by atoms with van der Waals surface area (Å²) < 4.78 is 56.3. The Hall–Kier alpha value is -2.81. The van der Waals surface area contributed by atoms with Gasteiger partial charge in [0.1, 0.15) is 0 Å². The highest BCUT2D eigenvalue weighted by Crippen LogP contribution is 2.49. The third-order valence-electron chi connectivity index (χ3n) is 4.95. The summed E-state index contributed by atoms with van der Waals surface area (Å²) in [6, 6.07) is 10.6. The Balaban J connectivity index is 1.94. The van der Waals surface area contributed by atoms with E-state index in [9.17, 15) is 27.5 Å². The van der Waals surface area contributed by atoms with Gasteiger partial charge in [-0.05, 0) is 35.0 Å². The number of fused-ring (bicyclic) bond motifs is 1. The third kappa shape index (κ3) is 3.40. The Bertz CT molecular complexity index is 1240. The Morgan fingerprint density at radius 3 is 2.23 bits per heavy atom. The van der Waals surface area contributed by atoms with Crippen molar-refractivity contribution in [1.82, 2.24) is 5.48 Å². The van der Waals surface area contributed by atoms with Crippen LogP contribution in [0, 0.1) is 5.82 Å². The normalized spacial score (nSPS) is 18.7. The second kappa shape index (κ2) is 7.40. The van der Waals surface area contributed by atoms with Gasteiger partial charge in [-0.3, -0.25) is 10.3 Å². The van der Waals surface area contributed by atoms with Gasteiger partial charge < -0.3 is 5.11 Å². The van der Waals surface area contributed by atoms with E-state index in [0.717, 1.165) is 18.2 Å². The van der Waals surface area contributed by atoms with Crippen LogP contribution in [0.4, 0.5) is 17.6 Å². The number of halogens is 6. The molecule has 0 amide bonds. The van der Waals surface area contributed by atoms with Gasteiger partial charge in [-0.25, -0.2) is 9.18 Å². The lowest BCUT2D eigenvalue weighted by molar-refractivity contribution is -0.269. The zero-order valence-electron chi connectivity index (χ0n) is 15.2. The van der Waals surface area contributed by atoms with Crippen LogP contribution in [0.5, 0.6) is 0 Å². The standard InChI is InChI=1S/C21H11Cl2F4NO3/c22-15-7-10(8-16(23)18(15)24)20(21(25,26)27)9-17(28-31-20)13-5-6-14(19(29)30)12-4-2-1-3-11(12)13/h1-9,28H,(H,29,30). The minimum absolute atomic E-state index is 0.00181. The number of rotatable bonds is 3. The quantitative estimate of drug-likeness (QED) is 0.346. The number of hydrogen-bond donors (Lipinski definition) is 2. The first-order chi connectivity index (χ1) is 14.5. The van der Waals surface area contributed by atoms with Gasteiger partial charge in [-0.15, -0.1) is 0 Å². The van der Waals surface area contributed by atoms with Gasteiger partial charge in [-0.2, -0.15) is 13.2 Å². The SMILES string of the molecule is O=C(O)c1ccc(C2=CC(c3cc(Cl)c(F)c(Cl)c3)(C(F)(F)F)ON2)c2ccccc12. The summed E-state index contributed by atoms with van der Waals surface area (Å²) in [4.78, 5) is 16.5. The highest BCUT2D eigenvalue weighted by molar-refractivity contribution is 6.35. The van der Waals surface area contributed by atoms with Gasteiger partial charge >= 0.3 is 12.1 Å². The summed E-state index contributed by atoms with van der Waals surface area (Å²) in [5.74, 6) is -2.22. The summed E-state index contributed by atoms with van der Waals surface area (Å²) in [5.41, 5.74) is -1.02. The average molecular weight is 472 g/mol. The van der Waals surface area contributed by atoms with Gasteiger partial charge in [-0.1, -0.05) is 53.5 Å². The molecule has 3 aromatic carbocycles. The molecule has 1 aliphatic rings. The van der Waals surface area contributed by atoms with Crippen molar-refractivity contribution in [2.45, 2.75) is 11.8 Å². The van der Waals surface area contributed by atoms with E-state index in [1.54, 1.807) is 24.3 Å². The van der Waals surface area contributed by atoms with Gasteiger partial charge in [0.05, 0.1) is 21.3 Å². The van der Waals surface area contributed by atoms with Crippen molar-refractivity contribution < 1.29 is 32.3 Å². The fourth-order valence-electron chi connectivity index (χ4n) is 3.47. The van der Waals surface area contributed by atoms with Crippen molar-refractivity contribution in [2.75, 3.05) is 0 Å². The van der Waals surface area contributed by atoms with Crippen LogP contribution in [0.15, 0.2) is 54.6 Å². The van der Waals surface area contributed by atoms with Gasteiger partial charge in [0.15, 0.2) is 5.82 Å². The number of carboxylic acids is 1. The number of nitrogens with one attached hydrogen (secondary N) is 1. The van der Waals surface area contributed by atoms with E-state index in [2.05, 4.69) is 5.48 Å². The molecule has 2 N–H and O–H groups in total. The maximum Gasteiger partial charge on any atom is 0.428 e. The molecule has 0 bridgehead atoms. The first-order valence-electron chi connectivity index (χ1n) is 8.69. The zero-order valence-corrected chi connectivity index (χ0v) is 16.7. The van der Waals surface area contributed by atoms with Crippen LogP contribution in [0.3, 0.4) is 0 Å². The first-order valence-corrected chi connectivity index (χ1v) is 9.45. The molecular weight excluding hydrogens is 461 g/mol. The molecule has 160 valence electrons. The Morgan fingerprint density at radius 2 is 1.65 bits per heavy atom.